The molecule has 0 aromatic heterocycles. The Morgan fingerprint density at radius 1 is 1.05 bits per heavy atom. The van der Waals surface area contributed by atoms with Crippen molar-refractivity contribution in [2.45, 2.75) is 12.5 Å². The molecule has 2 rings (SSSR count). The van der Waals surface area contributed by atoms with E-state index < -0.39 is 0 Å². The first-order valence-electron chi connectivity index (χ1n) is 6.76. The second-order valence-corrected chi connectivity index (χ2v) is 4.59. The van der Waals surface area contributed by atoms with Crippen molar-refractivity contribution in [1.29, 1.82) is 0 Å². The lowest BCUT2D eigenvalue weighted by atomic mass is 10.0. The molecule has 1 N–H and O–H groups in total. The van der Waals surface area contributed by atoms with Gasteiger partial charge in [0, 0.05) is 0 Å². The molecular weight excluding hydrogens is 266 g/mol. The molecule has 0 saturated carbocycles. The summed E-state index contributed by atoms with van der Waals surface area (Å²) in [7, 11) is 3.02. The van der Waals surface area contributed by atoms with Gasteiger partial charge in [-0.1, -0.05) is 42.5 Å². The zero-order chi connectivity index (χ0) is 15.1. The van der Waals surface area contributed by atoms with Gasteiger partial charge in [0.15, 0.2) is 0 Å². The molecule has 0 heterocycles. The molecule has 0 bridgehead atoms. The maximum atomic E-state index is 11.6. The molecule has 21 heavy (non-hydrogen) atoms. The third-order valence-corrected chi connectivity index (χ3v) is 3.24. The quantitative estimate of drug-likeness (QED) is 0.826. The van der Waals surface area contributed by atoms with Gasteiger partial charge in [-0.2, -0.15) is 0 Å². The van der Waals surface area contributed by atoms with Crippen molar-refractivity contribution in [3.63, 3.8) is 0 Å². The summed E-state index contributed by atoms with van der Waals surface area (Å²) in [6, 6.07) is 17.3. The van der Waals surface area contributed by atoms with E-state index in [0.717, 1.165) is 17.0 Å². The fourth-order valence-corrected chi connectivity index (χ4v) is 2.14. The number of nitrogens with one attached hydrogen (secondary N) is 1. The SMILES string of the molecule is COC(=O)C[C@@H](Nc1ccccc1OC)c1ccccc1. The summed E-state index contributed by atoms with van der Waals surface area (Å²) in [4.78, 5) is 11.6. The van der Waals surface area contributed by atoms with E-state index in [1.807, 2.05) is 54.6 Å². The Bertz CT molecular complexity index is 584. The van der Waals surface area contributed by atoms with Crippen molar-refractivity contribution >= 4 is 11.7 Å². The fraction of sp³-hybridized carbons (Fsp3) is 0.235. The Kier molecular flexibility index (Phi) is 5.21. The number of ether oxygens (including phenoxy) is 2. The third kappa shape index (κ3) is 3.99. The molecule has 2 aromatic rings. The largest absolute Gasteiger partial charge is 0.495 e. The van der Waals surface area contributed by atoms with Gasteiger partial charge in [0.25, 0.3) is 0 Å². The highest BCUT2D eigenvalue weighted by atomic mass is 16.5. The minimum Gasteiger partial charge on any atom is -0.495 e. The van der Waals surface area contributed by atoms with E-state index >= 15 is 0 Å². The van der Waals surface area contributed by atoms with Crippen molar-refractivity contribution in [1.82, 2.24) is 0 Å². The van der Waals surface area contributed by atoms with E-state index in [9.17, 15) is 4.79 Å². The highest BCUT2D eigenvalue weighted by Crippen LogP contribution is 2.29. The van der Waals surface area contributed by atoms with Crippen LogP contribution in [0.3, 0.4) is 0 Å². The monoisotopic (exact) mass is 285 g/mol. The number of benzene rings is 2. The minimum atomic E-state index is -0.258. The van der Waals surface area contributed by atoms with E-state index in [2.05, 4.69) is 5.32 Å². The molecule has 110 valence electrons. The predicted molar refractivity (Wildman–Crippen MR) is 82.4 cm³/mol. The molecule has 4 heteroatoms. The Hall–Kier alpha value is -2.49. The molecule has 1 atom stereocenters. The summed E-state index contributed by atoms with van der Waals surface area (Å²) in [5, 5.41) is 3.35. The van der Waals surface area contributed by atoms with Crippen LogP contribution >= 0.6 is 0 Å². The van der Waals surface area contributed by atoms with Crippen LogP contribution in [0.15, 0.2) is 54.6 Å². The lowest BCUT2D eigenvalue weighted by molar-refractivity contribution is -0.140. The third-order valence-electron chi connectivity index (χ3n) is 3.24. The van der Waals surface area contributed by atoms with E-state index in [0.29, 0.717) is 0 Å². The Morgan fingerprint density at radius 3 is 2.38 bits per heavy atom. The summed E-state index contributed by atoms with van der Waals surface area (Å²) in [6.45, 7) is 0. The second kappa shape index (κ2) is 7.33. The molecule has 0 unspecified atom stereocenters. The fourth-order valence-electron chi connectivity index (χ4n) is 2.14. The molecule has 4 nitrogen and oxygen atoms in total. The standard InChI is InChI=1S/C17H19NO3/c1-20-16-11-7-6-10-14(16)18-15(12-17(19)21-2)13-8-4-3-5-9-13/h3-11,15,18H,12H2,1-2H3/t15-/m1/s1. The minimum absolute atomic E-state index is 0.171. The Morgan fingerprint density at radius 2 is 1.71 bits per heavy atom. The summed E-state index contributed by atoms with van der Waals surface area (Å²) in [6.07, 6.45) is 0.249. The second-order valence-electron chi connectivity index (χ2n) is 4.59. The number of hydrogen-bond donors (Lipinski definition) is 1. The molecule has 0 amide bonds. The number of esters is 1. The Labute approximate surface area is 124 Å². The molecule has 0 fully saturated rings. The van der Waals surface area contributed by atoms with Crippen LogP contribution < -0.4 is 10.1 Å². The van der Waals surface area contributed by atoms with Gasteiger partial charge in [0.2, 0.25) is 0 Å². The Balaban J connectivity index is 2.25. The molecule has 0 aliphatic rings. The van der Waals surface area contributed by atoms with Crippen LogP contribution in [-0.4, -0.2) is 20.2 Å². The normalized spacial score (nSPS) is 11.5. The zero-order valence-electron chi connectivity index (χ0n) is 12.2. The van der Waals surface area contributed by atoms with Crippen LogP contribution in [0.25, 0.3) is 0 Å². The summed E-state index contributed by atoms with van der Waals surface area (Å²) in [5.41, 5.74) is 1.87. The van der Waals surface area contributed by atoms with Crippen LogP contribution in [0, 0.1) is 0 Å². The van der Waals surface area contributed by atoms with E-state index in [1.165, 1.54) is 7.11 Å². The topological polar surface area (TPSA) is 47.6 Å². The maximum absolute atomic E-state index is 11.6. The average molecular weight is 285 g/mol. The van der Waals surface area contributed by atoms with Crippen molar-refractivity contribution < 1.29 is 14.3 Å². The predicted octanol–water partition coefficient (Wildman–Crippen LogP) is 3.41. The van der Waals surface area contributed by atoms with Gasteiger partial charge >= 0.3 is 5.97 Å². The van der Waals surface area contributed by atoms with E-state index in [1.54, 1.807) is 7.11 Å². The molecule has 0 aliphatic carbocycles. The van der Waals surface area contributed by atoms with Gasteiger partial charge in [-0.05, 0) is 17.7 Å². The summed E-state index contributed by atoms with van der Waals surface area (Å²) in [5.74, 6) is 0.481. The van der Waals surface area contributed by atoms with Gasteiger partial charge < -0.3 is 14.8 Å². The van der Waals surface area contributed by atoms with Crippen molar-refractivity contribution in [2.75, 3.05) is 19.5 Å². The van der Waals surface area contributed by atoms with Crippen LogP contribution in [0.2, 0.25) is 0 Å². The summed E-state index contributed by atoms with van der Waals surface area (Å²) < 4.78 is 10.1. The van der Waals surface area contributed by atoms with Gasteiger partial charge in [0.05, 0.1) is 32.4 Å². The molecular formula is C17H19NO3. The highest BCUT2D eigenvalue weighted by Gasteiger charge is 2.17. The van der Waals surface area contributed by atoms with E-state index in [4.69, 9.17) is 9.47 Å². The molecule has 2 aromatic carbocycles. The van der Waals surface area contributed by atoms with Crippen LogP contribution in [0.1, 0.15) is 18.0 Å². The number of hydrogen-bond acceptors (Lipinski definition) is 4. The molecule has 0 spiro atoms. The zero-order valence-corrected chi connectivity index (χ0v) is 12.2. The lowest BCUT2D eigenvalue weighted by Gasteiger charge is -2.21. The number of carbonyl (C=O) groups excluding carboxylic acids is 1. The van der Waals surface area contributed by atoms with Crippen molar-refractivity contribution in [2.24, 2.45) is 0 Å². The molecule has 0 radical (unpaired) electrons. The average Bonchev–Trinajstić information content (AvgIpc) is 2.55. The highest BCUT2D eigenvalue weighted by molar-refractivity contribution is 5.71. The maximum Gasteiger partial charge on any atom is 0.307 e. The van der Waals surface area contributed by atoms with Crippen LogP contribution in [0.5, 0.6) is 5.75 Å². The summed E-state index contributed by atoms with van der Waals surface area (Å²) >= 11 is 0. The number of para-hydroxylation sites is 2. The van der Waals surface area contributed by atoms with Crippen molar-refractivity contribution in [3.05, 3.63) is 60.2 Å². The number of anilines is 1. The van der Waals surface area contributed by atoms with Crippen molar-refractivity contribution in [3.8, 4) is 5.75 Å². The van der Waals surface area contributed by atoms with Gasteiger partial charge in [0.1, 0.15) is 5.75 Å². The number of carbonyl (C=O) groups is 1. The first-order valence-corrected chi connectivity index (χ1v) is 6.76. The van der Waals surface area contributed by atoms with Crippen LogP contribution in [-0.2, 0) is 9.53 Å². The first-order chi connectivity index (χ1) is 10.2. The molecule has 0 saturated heterocycles. The van der Waals surface area contributed by atoms with Gasteiger partial charge in [-0.15, -0.1) is 0 Å². The molecule has 0 aliphatic heterocycles. The lowest BCUT2D eigenvalue weighted by Crippen LogP contribution is -2.16. The van der Waals surface area contributed by atoms with E-state index in [-0.39, 0.29) is 18.4 Å². The van der Waals surface area contributed by atoms with Gasteiger partial charge in [-0.25, -0.2) is 0 Å². The number of rotatable bonds is 6. The van der Waals surface area contributed by atoms with Crippen LogP contribution in [0.4, 0.5) is 5.69 Å². The smallest absolute Gasteiger partial charge is 0.307 e. The van der Waals surface area contributed by atoms with Gasteiger partial charge in [-0.3, -0.25) is 4.79 Å². The number of methoxy groups -OCH3 is 2. The first kappa shape index (κ1) is 14.9.